The minimum Gasteiger partial charge on any atom is -0.457 e. The third-order valence-corrected chi connectivity index (χ3v) is 11.1. The molecule has 9 heteroatoms. The van der Waals surface area contributed by atoms with Crippen LogP contribution >= 0.6 is 7.82 Å². The Labute approximate surface area is 358 Å². The molecule has 0 aromatic heterocycles. The van der Waals surface area contributed by atoms with E-state index in [4.69, 9.17) is 18.5 Å². The predicted molar refractivity (Wildman–Crippen MR) is 247 cm³/mol. The van der Waals surface area contributed by atoms with Crippen LogP contribution in [0.15, 0.2) is 48.6 Å². The first-order chi connectivity index (χ1) is 28.1. The highest BCUT2D eigenvalue weighted by Crippen LogP contribution is 2.43. The highest BCUT2D eigenvalue weighted by Gasteiger charge is 2.26. The summed E-state index contributed by atoms with van der Waals surface area (Å²) in [5.41, 5.74) is 0. The van der Waals surface area contributed by atoms with Crippen LogP contribution in [0.5, 0.6) is 0 Å². The fourth-order valence-corrected chi connectivity index (χ4v) is 7.23. The van der Waals surface area contributed by atoms with Gasteiger partial charge in [-0.15, -0.1) is 0 Å². The van der Waals surface area contributed by atoms with Crippen LogP contribution in [0.4, 0.5) is 0 Å². The largest absolute Gasteiger partial charge is 0.472 e. The SMILES string of the molecule is CC/C=C\C/C=C\C/C=C\C/C=C\CCCCCCCCCCC(=O)OC(COCCCCCCCCCCCCCCCCC)COP(=O)(O)OCC[N+](C)(C)C. The summed E-state index contributed by atoms with van der Waals surface area (Å²) in [6, 6.07) is 0. The number of esters is 1. The van der Waals surface area contributed by atoms with Crippen molar-refractivity contribution in [1.29, 1.82) is 0 Å². The van der Waals surface area contributed by atoms with E-state index in [1.165, 1.54) is 116 Å². The van der Waals surface area contributed by atoms with Gasteiger partial charge in [0, 0.05) is 13.0 Å². The van der Waals surface area contributed by atoms with E-state index in [0.717, 1.165) is 64.2 Å². The second-order valence-electron chi connectivity index (χ2n) is 17.1. The molecule has 0 radical (unpaired) electrons. The van der Waals surface area contributed by atoms with Crippen molar-refractivity contribution in [2.24, 2.45) is 0 Å². The van der Waals surface area contributed by atoms with Crippen LogP contribution in [-0.4, -0.2) is 75.6 Å². The number of rotatable bonds is 44. The lowest BCUT2D eigenvalue weighted by molar-refractivity contribution is -0.870. The number of likely N-dealkylation sites (N-methyl/N-ethyl adjacent to an activating group) is 1. The number of quaternary nitrogens is 1. The fraction of sp³-hybridized carbons (Fsp3) is 0.816. The highest BCUT2D eigenvalue weighted by molar-refractivity contribution is 7.47. The van der Waals surface area contributed by atoms with Gasteiger partial charge >= 0.3 is 13.8 Å². The Hall–Kier alpha value is -1.54. The second kappa shape index (κ2) is 42.2. The van der Waals surface area contributed by atoms with E-state index in [-0.39, 0.29) is 25.8 Å². The van der Waals surface area contributed by atoms with Crippen molar-refractivity contribution in [3.05, 3.63) is 48.6 Å². The average molecular weight is 839 g/mol. The Bertz CT molecular complexity index is 1070. The average Bonchev–Trinajstić information content (AvgIpc) is 3.18. The molecule has 0 fully saturated rings. The number of phosphoric ester groups is 1. The fourth-order valence-electron chi connectivity index (χ4n) is 6.49. The second-order valence-corrected chi connectivity index (χ2v) is 18.6. The van der Waals surface area contributed by atoms with Crippen LogP contribution in [0.3, 0.4) is 0 Å². The first-order valence-electron chi connectivity index (χ1n) is 23.9. The van der Waals surface area contributed by atoms with E-state index >= 15 is 0 Å². The Balaban J connectivity index is 4.19. The summed E-state index contributed by atoms with van der Waals surface area (Å²) in [7, 11) is 1.66. The van der Waals surface area contributed by atoms with Gasteiger partial charge in [-0.2, -0.15) is 0 Å². The Morgan fingerprint density at radius 3 is 1.50 bits per heavy atom. The summed E-state index contributed by atoms with van der Waals surface area (Å²) >= 11 is 0. The molecule has 0 saturated heterocycles. The zero-order chi connectivity index (χ0) is 42.7. The van der Waals surface area contributed by atoms with Gasteiger partial charge in [0.25, 0.3) is 0 Å². The number of carbonyl (C=O) groups is 1. The summed E-state index contributed by atoms with van der Waals surface area (Å²) in [6.07, 6.45) is 51.4. The molecule has 0 bridgehead atoms. The molecule has 1 N–H and O–H groups in total. The van der Waals surface area contributed by atoms with Gasteiger partial charge in [0.1, 0.15) is 19.3 Å². The summed E-state index contributed by atoms with van der Waals surface area (Å²) in [4.78, 5) is 22.9. The van der Waals surface area contributed by atoms with Crippen molar-refractivity contribution in [3.63, 3.8) is 0 Å². The van der Waals surface area contributed by atoms with Crippen molar-refractivity contribution in [3.8, 4) is 0 Å². The number of ether oxygens (including phenoxy) is 2. The smallest absolute Gasteiger partial charge is 0.457 e. The van der Waals surface area contributed by atoms with Crippen LogP contribution in [0.2, 0.25) is 0 Å². The van der Waals surface area contributed by atoms with Crippen molar-refractivity contribution in [2.45, 2.75) is 206 Å². The maximum Gasteiger partial charge on any atom is 0.472 e. The number of unbranched alkanes of at least 4 members (excludes halogenated alkanes) is 22. The molecular formula is C49H93NO7P+. The highest BCUT2D eigenvalue weighted by atomic mass is 31.2. The number of hydrogen-bond acceptors (Lipinski definition) is 6. The van der Waals surface area contributed by atoms with Gasteiger partial charge in [-0.25, -0.2) is 4.57 Å². The summed E-state index contributed by atoms with van der Waals surface area (Å²) in [5, 5.41) is 0. The topological polar surface area (TPSA) is 91.3 Å². The van der Waals surface area contributed by atoms with Crippen LogP contribution in [0, 0.1) is 0 Å². The summed E-state index contributed by atoms with van der Waals surface area (Å²) in [5.74, 6) is -0.321. The number of allylic oxidation sites excluding steroid dienone is 8. The quantitative estimate of drug-likeness (QED) is 0.0215. The first kappa shape index (κ1) is 56.5. The molecule has 340 valence electrons. The first-order valence-corrected chi connectivity index (χ1v) is 25.4. The van der Waals surface area contributed by atoms with Gasteiger partial charge in [0.2, 0.25) is 0 Å². The lowest BCUT2D eigenvalue weighted by Gasteiger charge is -2.24. The molecule has 2 atom stereocenters. The van der Waals surface area contributed by atoms with Gasteiger partial charge in [-0.1, -0.05) is 191 Å². The normalized spacial score (nSPS) is 14.1. The predicted octanol–water partition coefficient (Wildman–Crippen LogP) is 14.3. The maximum atomic E-state index is 12.7. The molecule has 2 unspecified atom stereocenters. The van der Waals surface area contributed by atoms with E-state index in [1.54, 1.807) is 0 Å². The van der Waals surface area contributed by atoms with Gasteiger partial charge in [-0.3, -0.25) is 13.8 Å². The number of hydrogen-bond donors (Lipinski definition) is 1. The maximum absolute atomic E-state index is 12.7. The van der Waals surface area contributed by atoms with Crippen LogP contribution < -0.4 is 0 Å². The molecule has 0 amide bonds. The van der Waals surface area contributed by atoms with E-state index in [2.05, 4.69) is 62.5 Å². The zero-order valence-electron chi connectivity index (χ0n) is 38.5. The molecule has 0 rings (SSSR count). The van der Waals surface area contributed by atoms with Crippen molar-refractivity contribution in [2.75, 3.05) is 54.1 Å². The molecule has 0 aliphatic rings. The van der Waals surface area contributed by atoms with Gasteiger partial charge in [0.05, 0.1) is 34.4 Å². The molecule has 0 heterocycles. The Morgan fingerprint density at radius 1 is 0.552 bits per heavy atom. The minimum atomic E-state index is -4.28. The molecule has 0 aliphatic carbocycles. The lowest BCUT2D eigenvalue weighted by atomic mass is 10.0. The number of phosphoric acid groups is 1. The van der Waals surface area contributed by atoms with Crippen LogP contribution in [0.25, 0.3) is 0 Å². The van der Waals surface area contributed by atoms with Crippen molar-refractivity contribution in [1.82, 2.24) is 0 Å². The van der Waals surface area contributed by atoms with Gasteiger partial charge in [0.15, 0.2) is 0 Å². The Morgan fingerprint density at radius 2 is 1.00 bits per heavy atom. The van der Waals surface area contributed by atoms with Crippen molar-refractivity contribution >= 4 is 13.8 Å². The molecule has 0 spiro atoms. The van der Waals surface area contributed by atoms with Crippen molar-refractivity contribution < 1.29 is 37.3 Å². The summed E-state index contributed by atoms with van der Waals surface area (Å²) in [6.45, 7) is 5.52. The lowest BCUT2D eigenvalue weighted by Crippen LogP contribution is -2.37. The molecule has 0 saturated carbocycles. The minimum absolute atomic E-state index is 0.0868. The van der Waals surface area contributed by atoms with Gasteiger partial charge in [-0.05, 0) is 51.4 Å². The third kappa shape index (κ3) is 45.5. The molecule has 0 aromatic rings. The van der Waals surface area contributed by atoms with E-state index in [9.17, 15) is 14.3 Å². The van der Waals surface area contributed by atoms with Gasteiger partial charge < -0.3 is 18.9 Å². The zero-order valence-corrected chi connectivity index (χ0v) is 39.4. The van der Waals surface area contributed by atoms with Crippen LogP contribution in [-0.2, 0) is 27.9 Å². The molecule has 0 aliphatic heterocycles. The molecule has 8 nitrogen and oxygen atoms in total. The van der Waals surface area contributed by atoms with E-state index in [0.29, 0.717) is 24.1 Å². The number of carbonyl (C=O) groups excluding carboxylic acids is 1. The summed E-state index contributed by atoms with van der Waals surface area (Å²) < 4.78 is 35.1. The molecule has 0 aromatic carbocycles. The standard InChI is InChI=1S/C49H92NO7P/c1-6-8-10-12-14-16-18-20-22-23-24-25-26-27-28-30-32-34-36-38-40-42-49(51)57-48(47-56-58(52,53)55-45-43-50(3,4)5)46-54-44-41-39-37-35-33-31-29-21-19-17-15-13-11-9-7-2/h8,10,14,16,20,22,24-25,48H,6-7,9,11-13,15,17-19,21,23,26-47H2,1-5H3/p+1/b10-8-,16-14-,22-20-,25-24-. The third-order valence-electron chi connectivity index (χ3n) is 10.2. The monoisotopic (exact) mass is 839 g/mol. The molecular weight excluding hydrogens is 746 g/mol. The van der Waals surface area contributed by atoms with Crippen LogP contribution in [0.1, 0.15) is 200 Å². The molecule has 58 heavy (non-hydrogen) atoms. The Kier molecular flexibility index (Phi) is 41.0. The number of nitrogens with zero attached hydrogens (tertiary/aromatic N) is 1. The van der Waals surface area contributed by atoms with E-state index < -0.39 is 13.9 Å². The van der Waals surface area contributed by atoms with E-state index in [1.807, 2.05) is 21.1 Å².